The predicted octanol–water partition coefficient (Wildman–Crippen LogP) is 2.87. The maximum absolute atomic E-state index is 12.5. The first-order chi connectivity index (χ1) is 11.5. The van der Waals surface area contributed by atoms with E-state index < -0.39 is 10.8 Å². The van der Waals surface area contributed by atoms with Crippen molar-refractivity contribution < 1.29 is 23.9 Å². The summed E-state index contributed by atoms with van der Waals surface area (Å²) in [5.74, 6) is 0.457. The van der Waals surface area contributed by atoms with Gasteiger partial charge in [0.2, 0.25) is 0 Å². The number of benzene rings is 2. The zero-order valence-corrected chi connectivity index (χ0v) is 13.4. The number of amides is 1. The van der Waals surface area contributed by atoms with Gasteiger partial charge in [0.05, 0.1) is 37.5 Å². The zero-order chi connectivity index (χ0) is 17.7. The minimum Gasteiger partial charge on any atom is -0.495 e. The average molecular weight is 332 g/mol. The quantitative estimate of drug-likeness (QED) is 0.645. The number of carbonyl (C=O) groups excluding carboxylic acids is 1. The number of rotatable bonds is 6. The van der Waals surface area contributed by atoms with Gasteiger partial charge < -0.3 is 19.5 Å². The molecule has 2 aromatic rings. The molecular formula is C16H16N2O6. The molecule has 0 unspecified atom stereocenters. The van der Waals surface area contributed by atoms with Crippen molar-refractivity contribution in [2.75, 3.05) is 26.6 Å². The van der Waals surface area contributed by atoms with Gasteiger partial charge in [0.15, 0.2) is 11.5 Å². The summed E-state index contributed by atoms with van der Waals surface area (Å²) in [4.78, 5) is 22.9. The number of methoxy groups -OCH3 is 3. The number of para-hydroxylation sites is 1. The topological polar surface area (TPSA) is 99.9 Å². The molecule has 2 aromatic carbocycles. The Labute approximate surface area is 138 Å². The third-order valence-electron chi connectivity index (χ3n) is 3.29. The maximum Gasteiger partial charge on any atom is 0.271 e. The standard InChI is InChI=1S/C16H16N2O6/c1-22-13-8-7-10(18(20)21)9-12(13)17-16(19)11-5-4-6-14(23-2)15(11)24-3/h4-9H,1-3H3,(H,17,19). The minimum atomic E-state index is -0.554. The molecule has 0 saturated heterocycles. The molecule has 2 rings (SSSR count). The number of hydrogen-bond donors (Lipinski definition) is 1. The summed E-state index contributed by atoms with van der Waals surface area (Å²) in [5.41, 5.74) is 0.246. The van der Waals surface area contributed by atoms with Crippen molar-refractivity contribution in [3.8, 4) is 17.2 Å². The predicted molar refractivity (Wildman–Crippen MR) is 87.1 cm³/mol. The molecule has 0 aliphatic carbocycles. The number of non-ortho nitro benzene ring substituents is 1. The third kappa shape index (κ3) is 3.37. The normalized spacial score (nSPS) is 9.96. The molecule has 0 bridgehead atoms. The van der Waals surface area contributed by atoms with E-state index in [9.17, 15) is 14.9 Å². The molecule has 0 fully saturated rings. The van der Waals surface area contributed by atoms with Gasteiger partial charge in [-0.25, -0.2) is 0 Å². The molecule has 0 radical (unpaired) electrons. The molecule has 24 heavy (non-hydrogen) atoms. The van der Waals surface area contributed by atoms with Crippen LogP contribution in [-0.2, 0) is 0 Å². The van der Waals surface area contributed by atoms with E-state index in [2.05, 4.69) is 5.32 Å². The SMILES string of the molecule is COc1ccc([N+](=O)[O-])cc1NC(=O)c1cccc(OC)c1OC. The highest BCUT2D eigenvalue weighted by Crippen LogP contribution is 2.33. The van der Waals surface area contributed by atoms with Crippen LogP contribution >= 0.6 is 0 Å². The van der Waals surface area contributed by atoms with Crippen LogP contribution in [0.2, 0.25) is 0 Å². The molecule has 1 amide bonds. The van der Waals surface area contributed by atoms with Gasteiger partial charge in [0, 0.05) is 12.1 Å². The number of hydrogen-bond acceptors (Lipinski definition) is 6. The van der Waals surface area contributed by atoms with Crippen molar-refractivity contribution in [2.24, 2.45) is 0 Å². The van der Waals surface area contributed by atoms with E-state index >= 15 is 0 Å². The van der Waals surface area contributed by atoms with Gasteiger partial charge in [-0.05, 0) is 18.2 Å². The Bertz CT molecular complexity index is 775. The third-order valence-corrected chi connectivity index (χ3v) is 3.29. The largest absolute Gasteiger partial charge is 0.495 e. The molecule has 1 N–H and O–H groups in total. The van der Waals surface area contributed by atoms with Crippen LogP contribution in [0.25, 0.3) is 0 Å². The van der Waals surface area contributed by atoms with E-state index in [0.29, 0.717) is 11.5 Å². The lowest BCUT2D eigenvalue weighted by Gasteiger charge is -2.14. The van der Waals surface area contributed by atoms with Gasteiger partial charge in [-0.1, -0.05) is 6.07 Å². The fraction of sp³-hybridized carbons (Fsp3) is 0.188. The Morgan fingerprint density at radius 3 is 2.33 bits per heavy atom. The highest BCUT2D eigenvalue weighted by atomic mass is 16.6. The van der Waals surface area contributed by atoms with Crippen LogP contribution < -0.4 is 19.5 Å². The number of carbonyl (C=O) groups is 1. The van der Waals surface area contributed by atoms with E-state index in [-0.39, 0.29) is 22.7 Å². The second-order valence-corrected chi connectivity index (χ2v) is 4.64. The van der Waals surface area contributed by atoms with Crippen molar-refractivity contribution in [1.29, 1.82) is 0 Å². The Morgan fingerprint density at radius 1 is 1.04 bits per heavy atom. The second-order valence-electron chi connectivity index (χ2n) is 4.64. The maximum atomic E-state index is 12.5. The first-order valence-electron chi connectivity index (χ1n) is 6.86. The van der Waals surface area contributed by atoms with Crippen molar-refractivity contribution in [1.82, 2.24) is 0 Å². The van der Waals surface area contributed by atoms with Crippen molar-refractivity contribution in [3.63, 3.8) is 0 Å². The number of nitro groups is 1. The number of nitrogens with zero attached hydrogens (tertiary/aromatic N) is 1. The van der Waals surface area contributed by atoms with Gasteiger partial charge in [-0.15, -0.1) is 0 Å². The molecule has 8 heteroatoms. The molecule has 126 valence electrons. The first kappa shape index (κ1) is 17.1. The summed E-state index contributed by atoms with van der Waals surface area (Å²) in [6, 6.07) is 8.78. The molecule has 0 saturated carbocycles. The van der Waals surface area contributed by atoms with Crippen LogP contribution in [0.5, 0.6) is 17.2 Å². The van der Waals surface area contributed by atoms with Gasteiger partial charge in [-0.3, -0.25) is 14.9 Å². The smallest absolute Gasteiger partial charge is 0.271 e. The number of nitrogens with one attached hydrogen (secondary N) is 1. The van der Waals surface area contributed by atoms with Crippen LogP contribution in [-0.4, -0.2) is 32.2 Å². The van der Waals surface area contributed by atoms with Crippen LogP contribution in [0.15, 0.2) is 36.4 Å². The van der Waals surface area contributed by atoms with Crippen LogP contribution in [0.4, 0.5) is 11.4 Å². The molecule has 8 nitrogen and oxygen atoms in total. The van der Waals surface area contributed by atoms with E-state index in [0.717, 1.165) is 0 Å². The molecule has 0 aromatic heterocycles. The van der Waals surface area contributed by atoms with Gasteiger partial charge >= 0.3 is 0 Å². The molecule has 0 heterocycles. The summed E-state index contributed by atoms with van der Waals surface area (Å²) in [5, 5.41) is 13.5. The van der Waals surface area contributed by atoms with E-state index in [1.54, 1.807) is 18.2 Å². The van der Waals surface area contributed by atoms with Crippen molar-refractivity contribution in [3.05, 3.63) is 52.1 Å². The molecule has 0 spiro atoms. The summed E-state index contributed by atoms with van der Waals surface area (Å²) < 4.78 is 15.5. The van der Waals surface area contributed by atoms with Gasteiger partial charge in [-0.2, -0.15) is 0 Å². The summed E-state index contributed by atoms with van der Waals surface area (Å²) in [6.07, 6.45) is 0. The number of ether oxygens (including phenoxy) is 3. The molecule has 0 aliphatic rings. The number of nitro benzene ring substituents is 1. The highest BCUT2D eigenvalue weighted by Gasteiger charge is 2.19. The van der Waals surface area contributed by atoms with Gasteiger partial charge in [0.25, 0.3) is 11.6 Å². The zero-order valence-electron chi connectivity index (χ0n) is 13.4. The van der Waals surface area contributed by atoms with Crippen LogP contribution in [0.3, 0.4) is 0 Å². The Balaban J connectivity index is 2.40. The van der Waals surface area contributed by atoms with Crippen molar-refractivity contribution in [2.45, 2.75) is 0 Å². The Kier molecular flexibility index (Phi) is 5.20. The first-order valence-corrected chi connectivity index (χ1v) is 6.86. The molecule has 0 aliphatic heterocycles. The summed E-state index contributed by atoms with van der Waals surface area (Å²) in [7, 11) is 4.29. The second kappa shape index (κ2) is 7.32. The number of anilines is 1. The van der Waals surface area contributed by atoms with Crippen molar-refractivity contribution >= 4 is 17.3 Å². The summed E-state index contributed by atoms with van der Waals surface area (Å²) >= 11 is 0. The minimum absolute atomic E-state index is 0.163. The Hall–Kier alpha value is -3.29. The summed E-state index contributed by atoms with van der Waals surface area (Å²) in [6.45, 7) is 0. The molecule has 0 atom stereocenters. The van der Waals surface area contributed by atoms with Crippen LogP contribution in [0.1, 0.15) is 10.4 Å². The van der Waals surface area contributed by atoms with E-state index in [4.69, 9.17) is 14.2 Å². The fourth-order valence-corrected chi connectivity index (χ4v) is 2.16. The molecular weight excluding hydrogens is 316 g/mol. The van der Waals surface area contributed by atoms with E-state index in [1.165, 1.54) is 39.5 Å². The lowest BCUT2D eigenvalue weighted by molar-refractivity contribution is -0.384. The van der Waals surface area contributed by atoms with Crippen LogP contribution in [0, 0.1) is 10.1 Å². The monoisotopic (exact) mass is 332 g/mol. The lowest BCUT2D eigenvalue weighted by Crippen LogP contribution is -2.14. The lowest BCUT2D eigenvalue weighted by atomic mass is 10.1. The fourth-order valence-electron chi connectivity index (χ4n) is 2.16. The Morgan fingerprint density at radius 2 is 1.75 bits per heavy atom. The van der Waals surface area contributed by atoms with E-state index in [1.807, 2.05) is 0 Å². The highest BCUT2D eigenvalue weighted by molar-refractivity contribution is 6.07. The van der Waals surface area contributed by atoms with Gasteiger partial charge in [0.1, 0.15) is 5.75 Å². The average Bonchev–Trinajstić information content (AvgIpc) is 2.60.